The summed E-state index contributed by atoms with van der Waals surface area (Å²) in [5.41, 5.74) is 2.79. The minimum absolute atomic E-state index is 0.198. The van der Waals surface area contributed by atoms with Crippen LogP contribution in [0.2, 0.25) is 0 Å². The van der Waals surface area contributed by atoms with E-state index in [2.05, 4.69) is 32.0 Å². The van der Waals surface area contributed by atoms with Gasteiger partial charge in [0, 0.05) is 0 Å². The van der Waals surface area contributed by atoms with Crippen LogP contribution in [0.4, 0.5) is 0 Å². The average Bonchev–Trinajstić information content (AvgIpc) is 2.90. The second-order valence-corrected chi connectivity index (χ2v) is 9.61. The van der Waals surface area contributed by atoms with E-state index in [1.807, 2.05) is 31.2 Å². The molecule has 0 bridgehead atoms. The summed E-state index contributed by atoms with van der Waals surface area (Å²) in [4.78, 5) is 12.7. The summed E-state index contributed by atoms with van der Waals surface area (Å²) in [7, 11) is 1.59. The first-order valence-corrected chi connectivity index (χ1v) is 12.4. The maximum atomic E-state index is 12.7. The van der Waals surface area contributed by atoms with Gasteiger partial charge >= 0.3 is 5.97 Å². The van der Waals surface area contributed by atoms with Crippen molar-refractivity contribution in [2.75, 3.05) is 13.7 Å². The van der Waals surface area contributed by atoms with Gasteiger partial charge in [-0.25, -0.2) is 0 Å². The van der Waals surface area contributed by atoms with Crippen LogP contribution in [-0.4, -0.2) is 24.8 Å². The fraction of sp³-hybridized carbons (Fsp3) is 0.355. The van der Waals surface area contributed by atoms with Gasteiger partial charge < -0.3 is 14.6 Å². The fourth-order valence-electron chi connectivity index (χ4n) is 4.32. The van der Waals surface area contributed by atoms with Crippen molar-refractivity contribution < 1.29 is 19.4 Å². The lowest BCUT2D eigenvalue weighted by Crippen LogP contribution is -2.28. The summed E-state index contributed by atoms with van der Waals surface area (Å²) in [5, 5.41) is 20.9. The van der Waals surface area contributed by atoms with Crippen LogP contribution in [0, 0.1) is 17.2 Å². The van der Waals surface area contributed by atoms with Crippen LogP contribution in [0.25, 0.3) is 0 Å². The predicted octanol–water partition coefficient (Wildman–Crippen LogP) is 6.13. The van der Waals surface area contributed by atoms with Gasteiger partial charge in [-0.2, -0.15) is 5.26 Å². The number of rotatable bonds is 11. The summed E-state index contributed by atoms with van der Waals surface area (Å²) in [6.07, 6.45) is 1.82. The van der Waals surface area contributed by atoms with Crippen LogP contribution in [0.15, 0.2) is 72.8 Å². The number of carbonyl (C=O) groups excluding carboxylic acids is 1. The first-order valence-electron chi connectivity index (χ1n) is 12.4. The highest BCUT2D eigenvalue weighted by Gasteiger charge is 2.31. The Morgan fingerprint density at radius 1 is 0.944 bits per heavy atom. The number of methoxy groups -OCH3 is 1. The minimum atomic E-state index is -1.30. The van der Waals surface area contributed by atoms with Crippen LogP contribution in [0.1, 0.15) is 67.3 Å². The zero-order valence-electron chi connectivity index (χ0n) is 21.5. The maximum Gasteiger partial charge on any atom is 0.313 e. The minimum Gasteiger partial charge on any atom is -0.497 e. The van der Waals surface area contributed by atoms with E-state index >= 15 is 0 Å². The Kier molecular flexibility index (Phi) is 9.27. The Morgan fingerprint density at radius 3 is 2.06 bits per heavy atom. The third kappa shape index (κ3) is 6.74. The molecule has 0 amide bonds. The Hall–Kier alpha value is -3.62. The Morgan fingerprint density at radius 2 is 1.53 bits per heavy atom. The molecule has 0 saturated heterocycles. The van der Waals surface area contributed by atoms with Crippen LogP contribution in [0.3, 0.4) is 0 Å². The fourth-order valence-corrected chi connectivity index (χ4v) is 4.32. The van der Waals surface area contributed by atoms with Crippen molar-refractivity contribution in [3.63, 3.8) is 0 Å². The molecule has 3 rings (SSSR count). The lowest BCUT2D eigenvalue weighted by Gasteiger charge is -2.30. The van der Waals surface area contributed by atoms with Crippen LogP contribution in [-0.2, 0) is 21.6 Å². The zero-order chi connectivity index (χ0) is 26.1. The van der Waals surface area contributed by atoms with Crippen LogP contribution in [0.5, 0.6) is 5.75 Å². The number of carbonyl (C=O) groups is 1. The lowest BCUT2D eigenvalue weighted by molar-refractivity contribution is -0.145. The molecule has 0 aliphatic carbocycles. The van der Waals surface area contributed by atoms with Crippen molar-refractivity contribution in [3.8, 4) is 11.8 Å². The molecule has 0 spiro atoms. The van der Waals surface area contributed by atoms with Gasteiger partial charge in [-0.3, -0.25) is 4.79 Å². The molecule has 0 heterocycles. The van der Waals surface area contributed by atoms with Gasteiger partial charge in [0.1, 0.15) is 11.4 Å². The maximum absolute atomic E-state index is 12.7. The van der Waals surface area contributed by atoms with E-state index in [0.717, 1.165) is 12.0 Å². The SMILES string of the molecule is COc1ccc(C(O)(CCCOC(=O)C(C)c2ccc(CC(C)C)cc2)c2ccc(C#N)cc2)cc1. The number of ether oxygens (including phenoxy) is 2. The van der Waals surface area contributed by atoms with Crippen LogP contribution >= 0.6 is 0 Å². The first-order chi connectivity index (χ1) is 17.3. The summed E-state index contributed by atoms with van der Waals surface area (Å²) < 4.78 is 10.8. The molecule has 36 heavy (non-hydrogen) atoms. The Bertz CT molecular complexity index is 1160. The molecule has 2 unspecified atom stereocenters. The molecular weight excluding hydrogens is 450 g/mol. The summed E-state index contributed by atoms with van der Waals surface area (Å²) in [6.45, 7) is 6.42. The topological polar surface area (TPSA) is 79.5 Å². The van der Waals surface area contributed by atoms with Crippen molar-refractivity contribution in [1.29, 1.82) is 5.26 Å². The predicted molar refractivity (Wildman–Crippen MR) is 141 cm³/mol. The van der Waals surface area contributed by atoms with Gasteiger partial charge in [0.25, 0.3) is 0 Å². The number of esters is 1. The highest BCUT2D eigenvalue weighted by Crippen LogP contribution is 2.35. The van der Waals surface area contributed by atoms with E-state index in [9.17, 15) is 9.90 Å². The number of hydrogen-bond acceptors (Lipinski definition) is 5. The van der Waals surface area contributed by atoms with Crippen molar-refractivity contribution in [2.24, 2.45) is 5.92 Å². The van der Waals surface area contributed by atoms with Crippen LogP contribution < -0.4 is 4.74 Å². The molecule has 3 aromatic carbocycles. The number of aliphatic hydroxyl groups is 1. The Labute approximate surface area is 214 Å². The van der Waals surface area contributed by atoms with Gasteiger partial charge in [0.05, 0.1) is 31.3 Å². The third-order valence-corrected chi connectivity index (χ3v) is 6.46. The molecule has 0 aliphatic rings. The second kappa shape index (κ2) is 12.4. The van der Waals surface area contributed by atoms with Crippen molar-refractivity contribution in [3.05, 3.63) is 101 Å². The summed E-state index contributed by atoms with van der Waals surface area (Å²) in [6, 6.07) is 24.4. The van der Waals surface area contributed by atoms with Crippen molar-refractivity contribution in [2.45, 2.75) is 51.6 Å². The van der Waals surface area contributed by atoms with E-state index in [1.165, 1.54) is 5.56 Å². The van der Waals surface area contributed by atoms with Gasteiger partial charge in [0.15, 0.2) is 0 Å². The van der Waals surface area contributed by atoms with Gasteiger partial charge in [-0.05, 0) is 78.6 Å². The highest BCUT2D eigenvalue weighted by molar-refractivity contribution is 5.77. The number of benzene rings is 3. The molecule has 0 radical (unpaired) electrons. The smallest absolute Gasteiger partial charge is 0.313 e. The molecule has 2 atom stereocenters. The molecule has 0 saturated carbocycles. The molecule has 188 valence electrons. The normalized spacial score (nSPS) is 13.5. The van der Waals surface area contributed by atoms with Gasteiger partial charge in [-0.1, -0.05) is 62.4 Å². The van der Waals surface area contributed by atoms with Gasteiger partial charge in [0.2, 0.25) is 0 Å². The molecule has 5 nitrogen and oxygen atoms in total. The van der Waals surface area contributed by atoms with E-state index < -0.39 is 5.60 Å². The third-order valence-electron chi connectivity index (χ3n) is 6.46. The monoisotopic (exact) mass is 485 g/mol. The molecule has 0 aromatic heterocycles. The van der Waals surface area contributed by atoms with E-state index in [0.29, 0.717) is 41.2 Å². The van der Waals surface area contributed by atoms with E-state index in [4.69, 9.17) is 14.7 Å². The standard InChI is InChI=1S/C31H35NO4/c1-22(2)20-24-6-10-26(11-7-24)23(3)30(33)36-19-5-18-31(34,27-12-8-25(21-32)9-13-27)28-14-16-29(35-4)17-15-28/h6-17,22-23,34H,5,18-20H2,1-4H3. The lowest BCUT2D eigenvalue weighted by atomic mass is 9.82. The van der Waals surface area contributed by atoms with E-state index in [1.54, 1.807) is 43.5 Å². The molecule has 0 fully saturated rings. The quantitative estimate of drug-likeness (QED) is 0.261. The number of nitrogens with zero attached hydrogens (tertiary/aromatic N) is 1. The molecular formula is C31H35NO4. The van der Waals surface area contributed by atoms with E-state index in [-0.39, 0.29) is 18.5 Å². The van der Waals surface area contributed by atoms with Gasteiger partial charge in [-0.15, -0.1) is 0 Å². The zero-order valence-corrected chi connectivity index (χ0v) is 21.5. The molecule has 0 aliphatic heterocycles. The number of hydrogen-bond donors (Lipinski definition) is 1. The molecule has 5 heteroatoms. The summed E-state index contributed by atoms with van der Waals surface area (Å²) in [5.74, 6) is 0.634. The summed E-state index contributed by atoms with van der Waals surface area (Å²) >= 11 is 0. The molecule has 1 N–H and O–H groups in total. The second-order valence-electron chi connectivity index (χ2n) is 9.61. The highest BCUT2D eigenvalue weighted by atomic mass is 16.5. The Balaban J connectivity index is 1.65. The molecule has 3 aromatic rings. The van der Waals surface area contributed by atoms with Crippen molar-refractivity contribution in [1.82, 2.24) is 0 Å². The number of nitriles is 1. The first kappa shape index (κ1) is 27.0. The average molecular weight is 486 g/mol. The largest absolute Gasteiger partial charge is 0.497 e. The van der Waals surface area contributed by atoms with Crippen molar-refractivity contribution >= 4 is 5.97 Å².